The highest BCUT2D eigenvalue weighted by Gasteiger charge is 2.36. The van der Waals surface area contributed by atoms with Crippen molar-refractivity contribution in [1.82, 2.24) is 25.9 Å². The molecule has 0 fully saturated rings. The third kappa shape index (κ3) is 26.6. The largest absolute Gasteiger partial charge is 0.508 e. The number of amidine groups is 4. The number of nitrogens with one attached hydrogen (secondary N) is 5. The number of phenols is 1. The zero-order valence-corrected chi connectivity index (χ0v) is 67.1. The fourth-order valence-corrected chi connectivity index (χ4v) is 15.2. The number of hydrogen-bond donors (Lipinski definition) is 9. The van der Waals surface area contributed by atoms with Crippen molar-refractivity contribution in [2.45, 2.75) is 175 Å². The number of nitrogen functional groups attached to an aromatic ring is 2. The summed E-state index contributed by atoms with van der Waals surface area (Å²) in [6.07, 6.45) is 4.71. The number of halogens is 3. The minimum Gasteiger partial charge on any atom is -0.508 e. The second-order valence-corrected chi connectivity index (χ2v) is 34.1. The van der Waals surface area contributed by atoms with E-state index in [4.69, 9.17) is 64.6 Å². The molecule has 0 saturated heterocycles. The van der Waals surface area contributed by atoms with Gasteiger partial charge in [0.1, 0.15) is 33.9 Å². The van der Waals surface area contributed by atoms with Gasteiger partial charge in [-0.15, -0.1) is 12.4 Å². The molecule has 12 N–H and O–H groups in total. The number of anilines is 4. The van der Waals surface area contributed by atoms with Crippen LogP contribution in [0.25, 0.3) is 0 Å². The molecule has 4 atom stereocenters. The molecule has 6 aromatic rings. The fourth-order valence-electron chi connectivity index (χ4n) is 10.7. The number of hydrogen-bond acceptors (Lipinski definition) is 22. The van der Waals surface area contributed by atoms with Crippen LogP contribution in [0, 0.1) is 20.8 Å². The summed E-state index contributed by atoms with van der Waals surface area (Å²) >= 11 is 17.7. The molecule has 0 aliphatic carbocycles. The molecule has 4 aliphatic rings. The Labute approximate surface area is 642 Å². The first-order valence-corrected chi connectivity index (χ1v) is 37.9. The van der Waals surface area contributed by atoms with Gasteiger partial charge in [0.2, 0.25) is 0 Å². The molecule has 0 saturated carbocycles. The summed E-state index contributed by atoms with van der Waals surface area (Å²) in [5.41, 5.74) is 24.3. The number of aromatic hydroxyl groups is 1. The highest BCUT2D eigenvalue weighted by molar-refractivity contribution is 8.14. The number of aromatic nitrogens is 2. The number of nitrogens with zero attached hydrogens (tertiary/aromatic N) is 6. The summed E-state index contributed by atoms with van der Waals surface area (Å²) in [6.45, 7) is 30.5. The number of alkyl carbamates (subject to hydrolysis) is 3. The van der Waals surface area contributed by atoms with E-state index in [1.165, 1.54) is 53.7 Å². The van der Waals surface area contributed by atoms with E-state index in [0.29, 0.717) is 53.5 Å². The molecule has 0 spiro atoms. The number of pyridine rings is 2. The van der Waals surface area contributed by atoms with Crippen LogP contribution in [0.15, 0.2) is 129 Å². The molecule has 0 bridgehead atoms. The molecule has 104 heavy (non-hydrogen) atoms. The van der Waals surface area contributed by atoms with Gasteiger partial charge in [-0.05, 0) is 248 Å². The van der Waals surface area contributed by atoms with Crippen LogP contribution in [0.5, 0.6) is 5.75 Å². The van der Waals surface area contributed by atoms with Crippen molar-refractivity contribution in [1.29, 1.82) is 0 Å². The van der Waals surface area contributed by atoms with Gasteiger partial charge in [-0.3, -0.25) is 45.5 Å². The molecule has 4 aromatic carbocycles. The van der Waals surface area contributed by atoms with E-state index in [1.54, 1.807) is 48.2 Å². The zero-order valence-electron chi connectivity index (χ0n) is 61.5. The Morgan fingerprint density at radius 3 is 1.08 bits per heavy atom. The summed E-state index contributed by atoms with van der Waals surface area (Å²) in [4.78, 5) is 87.9. The van der Waals surface area contributed by atoms with Crippen molar-refractivity contribution in [3.8, 4) is 5.75 Å². The Balaban J connectivity index is 0.000000219. The lowest BCUT2D eigenvalue weighted by Gasteiger charge is -2.31. The Hall–Kier alpha value is -7.92. The van der Waals surface area contributed by atoms with Gasteiger partial charge in [0, 0.05) is 64.2 Å². The van der Waals surface area contributed by atoms with Gasteiger partial charge in [-0.2, -0.15) is 0 Å². The average Bonchev–Trinajstić information content (AvgIpc) is 1.16. The van der Waals surface area contributed by atoms with E-state index < -0.39 is 51.7 Å². The van der Waals surface area contributed by atoms with Crippen molar-refractivity contribution in [3.05, 3.63) is 170 Å². The lowest BCUT2D eigenvalue weighted by atomic mass is 9.88. The van der Waals surface area contributed by atoms with Crippen molar-refractivity contribution in [2.75, 3.05) is 45.1 Å². The maximum Gasteiger partial charge on any atom is 0.413 e. The SMILES string of the molecule is CC(C)(C)OC(=O)NC1=NC(C)(c2cc(N)cc(O)c2)CCS1.Cc1cc(N)cc(C2(C)CCSC(NC(=O)OC(C)(C)C)=N2)c1.Cc1cc(NC(=O)c2ccc(Cl)cn2)cc(C2(C)CCSC(N)=N2)c1.Cc1cc(NC(=O)c2ccc(Cl)cn2)cc(C2(C)CCSC(NC(=O)OC(C)(C)C)=N2)c1.Cl. The first-order valence-electron chi connectivity index (χ1n) is 33.2. The number of nitrogens with two attached hydrogens (primary N) is 3. The summed E-state index contributed by atoms with van der Waals surface area (Å²) < 4.78 is 15.9. The van der Waals surface area contributed by atoms with Gasteiger partial charge in [0.15, 0.2) is 20.7 Å². The van der Waals surface area contributed by atoms with E-state index >= 15 is 0 Å². The van der Waals surface area contributed by atoms with Gasteiger partial charge >= 0.3 is 18.3 Å². The Bertz CT molecular complexity index is 4070. The quantitative estimate of drug-likeness (QED) is 0.0505. The zero-order chi connectivity index (χ0) is 76.0. The molecule has 4 unspecified atom stereocenters. The maximum atomic E-state index is 12.6. The fraction of sp³-hybridized carbons (Fsp3) is 0.419. The van der Waals surface area contributed by atoms with Crippen LogP contribution in [-0.4, -0.2) is 106 Å². The summed E-state index contributed by atoms with van der Waals surface area (Å²) in [7, 11) is 0. The number of ether oxygens (including phenoxy) is 3. The summed E-state index contributed by atoms with van der Waals surface area (Å²) in [5.74, 6) is 2.89. The first kappa shape index (κ1) is 85.0. The van der Waals surface area contributed by atoms with Crippen LogP contribution < -0.4 is 43.8 Å². The number of aryl methyl sites for hydroxylation is 3. The molecule has 10 rings (SSSR count). The Morgan fingerprint density at radius 1 is 0.442 bits per heavy atom. The standard InChI is InChI=1S/C23H27ClN4O3S.C18H19ClN4OS.C17H25N3O2S.C16H23N3O3S.ClH/c1-14-10-15(12-17(11-14)26-19(29)18-7-6-16(24)13-25-18)23(5)8-9-32-20(28-23)27-21(30)31-22(2,3)4;1-11-7-12(18(2)5-6-25-17(20)23-18)9-14(8-11)22-16(24)15-4-3-13(19)10-21-15;1-11-8-12(10-13(18)9-11)17(5)6-7-23-14(20-17)19-15(21)22-16(2,3)4;1-15(2,3)22-14(21)18-13-19-16(4,5-6-23-13)10-7-11(17)9-12(20)8-10;/h6-7,10-13H,8-9H2,1-5H3,(H,26,29)(H,27,28,30);3-4,7-10H,5-6H2,1-2H3,(H2,20,23)(H,22,24);8-10H,6-7,18H2,1-5H3,(H,19,20,21);7-9,20H,5-6,17H2,1-4H3,(H,18,19,21);1H. The van der Waals surface area contributed by atoms with E-state index in [-0.39, 0.29) is 41.2 Å². The van der Waals surface area contributed by atoms with Gasteiger partial charge in [0.05, 0.1) is 32.2 Å². The van der Waals surface area contributed by atoms with E-state index in [1.807, 2.05) is 139 Å². The first-order chi connectivity index (χ1) is 47.9. The minimum atomic E-state index is -0.587. The van der Waals surface area contributed by atoms with Gasteiger partial charge in [-0.25, -0.2) is 24.4 Å². The highest BCUT2D eigenvalue weighted by atomic mass is 35.5. The molecule has 5 amide bonds. The molecule has 6 heterocycles. The predicted octanol–water partition coefficient (Wildman–Crippen LogP) is 16.9. The number of thioether (sulfide) groups is 4. The summed E-state index contributed by atoms with van der Waals surface area (Å²) in [5, 5.41) is 26.9. The number of phenolic OH excluding ortho intramolecular Hbond substituents is 1. The number of benzene rings is 4. The number of aliphatic imine (C=N–C) groups is 4. The van der Waals surface area contributed by atoms with E-state index in [0.717, 1.165) is 93.3 Å². The lowest BCUT2D eigenvalue weighted by molar-refractivity contribution is 0.0552. The maximum absolute atomic E-state index is 12.6. The minimum absolute atomic E-state index is 0. The third-order valence-electron chi connectivity index (χ3n) is 15.7. The van der Waals surface area contributed by atoms with Crippen LogP contribution in [0.2, 0.25) is 10.0 Å². The van der Waals surface area contributed by atoms with Crippen molar-refractivity contribution < 1.29 is 43.3 Å². The Morgan fingerprint density at radius 2 is 0.760 bits per heavy atom. The number of carbonyl (C=O) groups is 5. The Kier molecular flexibility index (Phi) is 29.4. The highest BCUT2D eigenvalue weighted by Crippen LogP contribution is 2.41. The second-order valence-electron chi connectivity index (χ2n) is 28.8. The van der Waals surface area contributed by atoms with E-state index in [2.05, 4.69) is 72.5 Å². The number of carbonyl (C=O) groups excluding carboxylic acids is 5. The molecule has 30 heteroatoms. The average molecular weight is 1560 g/mol. The molecule has 4 aliphatic heterocycles. The normalized spacial score (nSPS) is 20.0. The van der Waals surface area contributed by atoms with Crippen molar-refractivity contribution >= 4 is 156 Å². The summed E-state index contributed by atoms with van der Waals surface area (Å²) in [6, 6.07) is 29.2. The van der Waals surface area contributed by atoms with Crippen LogP contribution in [-0.2, 0) is 36.4 Å². The number of amides is 5. The number of rotatable bonds is 8. The molecule has 0 radical (unpaired) electrons. The second kappa shape index (κ2) is 35.9. The molecule has 560 valence electrons. The molecule has 23 nitrogen and oxygen atoms in total. The third-order valence-corrected chi connectivity index (χ3v) is 19.5. The van der Waals surface area contributed by atoms with Crippen molar-refractivity contribution in [3.63, 3.8) is 0 Å². The molecular weight excluding hydrogens is 1460 g/mol. The van der Waals surface area contributed by atoms with Crippen LogP contribution >= 0.6 is 82.7 Å². The topological polar surface area (TPSA) is 347 Å². The molecule has 2 aromatic heterocycles. The predicted molar refractivity (Wildman–Crippen MR) is 432 cm³/mol. The van der Waals surface area contributed by atoms with Crippen LogP contribution in [0.1, 0.15) is 176 Å². The van der Waals surface area contributed by atoms with E-state index in [9.17, 15) is 29.1 Å². The van der Waals surface area contributed by atoms with Gasteiger partial charge in [-0.1, -0.05) is 88.4 Å². The van der Waals surface area contributed by atoms with Crippen LogP contribution in [0.3, 0.4) is 0 Å². The van der Waals surface area contributed by atoms with Gasteiger partial charge < -0.3 is 47.2 Å². The smallest absolute Gasteiger partial charge is 0.413 e. The van der Waals surface area contributed by atoms with Gasteiger partial charge in [0.25, 0.3) is 11.8 Å². The molecular formula is C74H95Cl3N14O9S4. The van der Waals surface area contributed by atoms with Crippen molar-refractivity contribution in [2.24, 2.45) is 25.7 Å². The monoisotopic (exact) mass is 1560 g/mol. The lowest BCUT2D eigenvalue weighted by Crippen LogP contribution is -2.38. The van der Waals surface area contributed by atoms with Crippen LogP contribution in [0.4, 0.5) is 37.1 Å².